The summed E-state index contributed by atoms with van der Waals surface area (Å²) < 4.78 is 30.6. The van der Waals surface area contributed by atoms with Gasteiger partial charge in [-0.3, -0.25) is 4.52 Å². The second kappa shape index (κ2) is 9.08. The molecule has 2 fully saturated rings. The molecule has 168 valence electrons. The van der Waals surface area contributed by atoms with E-state index in [4.69, 9.17) is 9.79 Å². The Bertz CT molecular complexity index is 743. The molecule has 2 rings (SSSR count). The van der Waals surface area contributed by atoms with Gasteiger partial charge in [-0.2, -0.15) is 4.31 Å². The first-order chi connectivity index (χ1) is 13.2. The van der Waals surface area contributed by atoms with E-state index < -0.39 is 15.6 Å². The SMILES string of the molecule is C=C(C)[C@]12CCC[C@H]1[C@@](C)(CC/C(C)=C/COP(=O)(O)OP(=O)(O)O)[C@H](C)CC2. The highest BCUT2D eigenvalue weighted by molar-refractivity contribution is 7.60. The summed E-state index contributed by atoms with van der Waals surface area (Å²) >= 11 is 0. The molecule has 0 heterocycles. The molecule has 0 saturated heterocycles. The van der Waals surface area contributed by atoms with E-state index in [1.54, 1.807) is 6.08 Å². The molecule has 0 aromatic heterocycles. The van der Waals surface area contributed by atoms with Crippen molar-refractivity contribution in [2.45, 2.75) is 72.6 Å². The lowest BCUT2D eigenvalue weighted by Crippen LogP contribution is -2.47. The van der Waals surface area contributed by atoms with E-state index in [0.717, 1.165) is 18.4 Å². The molecule has 0 amide bonds. The summed E-state index contributed by atoms with van der Waals surface area (Å²) in [7, 11) is -9.88. The van der Waals surface area contributed by atoms with Crippen LogP contribution in [-0.4, -0.2) is 21.3 Å². The van der Waals surface area contributed by atoms with E-state index in [9.17, 15) is 14.0 Å². The van der Waals surface area contributed by atoms with Gasteiger partial charge in [-0.1, -0.05) is 44.1 Å². The topological polar surface area (TPSA) is 113 Å². The number of hydrogen-bond donors (Lipinski definition) is 3. The van der Waals surface area contributed by atoms with Gasteiger partial charge in [-0.25, -0.2) is 9.13 Å². The van der Waals surface area contributed by atoms with Crippen LogP contribution in [0.1, 0.15) is 72.6 Å². The standard InChI is InChI=1S/C20H36O7P2/c1-15(2)20-11-6-7-18(20)19(5,17(4)9-13-20)12-8-16(3)10-14-26-29(24,25)27-28(21,22)23/h10,17-18H,1,6-9,11-14H2,2-5H3,(H,24,25)(H2,21,22,23)/b16-10+/t17-,18+,19+,20-/m1/s1. The summed E-state index contributed by atoms with van der Waals surface area (Å²) in [5.41, 5.74) is 2.81. The highest BCUT2D eigenvalue weighted by atomic mass is 31.3. The minimum Gasteiger partial charge on any atom is -0.302 e. The van der Waals surface area contributed by atoms with Crippen LogP contribution in [0, 0.1) is 22.7 Å². The van der Waals surface area contributed by atoms with E-state index in [1.807, 2.05) is 6.92 Å². The molecule has 29 heavy (non-hydrogen) atoms. The lowest BCUT2D eigenvalue weighted by atomic mass is 9.50. The lowest BCUT2D eigenvalue weighted by Gasteiger charge is -2.55. The van der Waals surface area contributed by atoms with E-state index in [1.165, 1.54) is 37.7 Å². The number of rotatable bonds is 9. The number of hydrogen-bond acceptors (Lipinski definition) is 4. The van der Waals surface area contributed by atoms with Crippen LogP contribution in [0.15, 0.2) is 23.8 Å². The smallest absolute Gasteiger partial charge is 0.302 e. The van der Waals surface area contributed by atoms with Gasteiger partial charge >= 0.3 is 15.6 Å². The Kier molecular flexibility index (Phi) is 7.83. The molecule has 0 radical (unpaired) electrons. The van der Waals surface area contributed by atoms with Crippen molar-refractivity contribution >= 4 is 15.6 Å². The van der Waals surface area contributed by atoms with E-state index in [-0.39, 0.29) is 17.4 Å². The van der Waals surface area contributed by atoms with E-state index in [0.29, 0.717) is 11.8 Å². The Morgan fingerprint density at radius 1 is 1.21 bits per heavy atom. The Labute approximate surface area is 174 Å². The summed E-state index contributed by atoms with van der Waals surface area (Å²) in [4.78, 5) is 26.6. The van der Waals surface area contributed by atoms with Crippen LogP contribution in [0.2, 0.25) is 0 Å². The first-order valence-corrected chi connectivity index (χ1v) is 13.3. The predicted molar refractivity (Wildman–Crippen MR) is 113 cm³/mol. The zero-order valence-corrected chi connectivity index (χ0v) is 19.8. The molecule has 0 aromatic carbocycles. The van der Waals surface area contributed by atoms with Crippen molar-refractivity contribution in [3.8, 4) is 0 Å². The lowest BCUT2D eigenvalue weighted by molar-refractivity contribution is -0.0265. The molecular formula is C20H36O7P2. The van der Waals surface area contributed by atoms with Gasteiger partial charge in [0.25, 0.3) is 0 Å². The molecule has 0 aliphatic heterocycles. The van der Waals surface area contributed by atoms with Crippen molar-refractivity contribution in [1.82, 2.24) is 0 Å². The molecule has 2 aliphatic rings. The second-order valence-corrected chi connectivity index (χ2v) is 12.0. The van der Waals surface area contributed by atoms with E-state index in [2.05, 4.69) is 36.2 Å². The first kappa shape index (κ1) is 25.0. The Balaban J connectivity index is 2.00. The minimum absolute atomic E-state index is 0.208. The fourth-order valence-corrected chi connectivity index (χ4v) is 7.15. The third-order valence-corrected chi connectivity index (χ3v) is 9.67. The first-order valence-electron chi connectivity index (χ1n) is 10.3. The van der Waals surface area contributed by atoms with Crippen LogP contribution in [0.4, 0.5) is 0 Å². The second-order valence-electron chi connectivity index (χ2n) is 9.21. The Morgan fingerprint density at radius 3 is 2.45 bits per heavy atom. The molecule has 3 N–H and O–H groups in total. The zero-order chi connectivity index (χ0) is 22.1. The maximum Gasteiger partial charge on any atom is 0.481 e. The highest BCUT2D eigenvalue weighted by Gasteiger charge is 2.56. The van der Waals surface area contributed by atoms with Crippen molar-refractivity contribution in [2.24, 2.45) is 22.7 Å². The van der Waals surface area contributed by atoms with Crippen LogP contribution in [0.5, 0.6) is 0 Å². The Morgan fingerprint density at radius 2 is 1.86 bits per heavy atom. The molecule has 7 nitrogen and oxygen atoms in total. The molecule has 1 unspecified atom stereocenters. The van der Waals surface area contributed by atoms with Crippen molar-refractivity contribution < 1.29 is 32.6 Å². The fourth-order valence-electron chi connectivity index (χ4n) is 5.62. The molecule has 2 aliphatic carbocycles. The van der Waals surface area contributed by atoms with Gasteiger partial charge in [0.05, 0.1) is 6.61 Å². The fraction of sp³-hybridized carbons (Fsp3) is 0.800. The van der Waals surface area contributed by atoms with Crippen molar-refractivity contribution in [2.75, 3.05) is 6.61 Å². The summed E-state index contributed by atoms with van der Waals surface area (Å²) in [5.74, 6) is 1.26. The molecule has 0 aromatic rings. The molecule has 5 atom stereocenters. The van der Waals surface area contributed by atoms with Gasteiger partial charge in [0, 0.05) is 0 Å². The van der Waals surface area contributed by atoms with Crippen LogP contribution in [0.3, 0.4) is 0 Å². The van der Waals surface area contributed by atoms with Gasteiger partial charge in [0.15, 0.2) is 0 Å². The quantitative estimate of drug-likeness (QED) is 0.303. The molecule has 2 saturated carbocycles. The third kappa shape index (κ3) is 5.92. The number of fused-ring (bicyclic) bond motifs is 1. The van der Waals surface area contributed by atoms with Crippen LogP contribution in [-0.2, 0) is 18.0 Å². The maximum absolute atomic E-state index is 11.5. The van der Waals surface area contributed by atoms with Crippen LogP contribution < -0.4 is 0 Å². The number of allylic oxidation sites excluding steroid dienone is 2. The summed E-state index contributed by atoms with van der Waals surface area (Å²) in [5, 5.41) is 0. The van der Waals surface area contributed by atoms with Gasteiger partial charge < -0.3 is 14.7 Å². The van der Waals surface area contributed by atoms with Gasteiger partial charge in [0.1, 0.15) is 0 Å². The average Bonchev–Trinajstić information content (AvgIpc) is 3.01. The molecule has 9 heteroatoms. The normalized spacial score (nSPS) is 35.2. The van der Waals surface area contributed by atoms with Crippen LogP contribution >= 0.6 is 15.6 Å². The third-order valence-electron chi connectivity index (χ3n) is 7.51. The summed E-state index contributed by atoms with van der Waals surface area (Å²) in [6.45, 7) is 13.0. The van der Waals surface area contributed by atoms with Gasteiger partial charge in [0.2, 0.25) is 0 Å². The van der Waals surface area contributed by atoms with Crippen molar-refractivity contribution in [3.63, 3.8) is 0 Å². The minimum atomic E-state index is -5.09. The Hall–Kier alpha value is -0.260. The molecule has 0 spiro atoms. The summed E-state index contributed by atoms with van der Waals surface area (Å²) in [6, 6.07) is 0. The highest BCUT2D eigenvalue weighted by Crippen LogP contribution is 2.65. The zero-order valence-electron chi connectivity index (χ0n) is 18.0. The number of phosphoric ester groups is 1. The maximum atomic E-state index is 11.5. The van der Waals surface area contributed by atoms with Crippen molar-refractivity contribution in [1.29, 1.82) is 0 Å². The van der Waals surface area contributed by atoms with Gasteiger partial charge in [-0.15, -0.1) is 0 Å². The van der Waals surface area contributed by atoms with Crippen molar-refractivity contribution in [3.05, 3.63) is 23.8 Å². The molecular weight excluding hydrogens is 414 g/mol. The van der Waals surface area contributed by atoms with Gasteiger partial charge in [-0.05, 0) is 75.0 Å². The summed E-state index contributed by atoms with van der Waals surface area (Å²) in [6.07, 6.45) is 9.71. The largest absolute Gasteiger partial charge is 0.481 e. The van der Waals surface area contributed by atoms with E-state index >= 15 is 0 Å². The molecule has 0 bridgehead atoms. The average molecular weight is 450 g/mol. The number of phosphoric acid groups is 2. The van der Waals surface area contributed by atoms with Crippen LogP contribution in [0.25, 0.3) is 0 Å². The monoisotopic (exact) mass is 450 g/mol. The predicted octanol–water partition coefficient (Wildman–Crippen LogP) is 5.74.